The van der Waals surface area contributed by atoms with Crippen molar-refractivity contribution in [2.45, 2.75) is 19.4 Å². The van der Waals surface area contributed by atoms with Crippen LogP contribution in [0.3, 0.4) is 0 Å². The second kappa shape index (κ2) is 4.12. The van der Waals surface area contributed by atoms with Crippen molar-refractivity contribution in [1.82, 2.24) is 9.88 Å². The number of likely N-dealkylation sites (tertiary alicyclic amines) is 1. The van der Waals surface area contributed by atoms with Gasteiger partial charge >= 0.3 is 0 Å². The van der Waals surface area contributed by atoms with E-state index >= 15 is 0 Å². The lowest BCUT2D eigenvalue weighted by atomic mass is 9.97. The summed E-state index contributed by atoms with van der Waals surface area (Å²) in [6.45, 7) is 5.08. The molecule has 1 aromatic heterocycles. The first-order valence-electron chi connectivity index (χ1n) is 5.11. The Morgan fingerprint density at radius 1 is 1.75 bits per heavy atom. The minimum atomic E-state index is -0.627. The van der Waals surface area contributed by atoms with E-state index in [1.807, 2.05) is 17.2 Å². The molecule has 0 aliphatic carbocycles. The number of hydrogen-bond acceptors (Lipinski definition) is 5. The molecule has 0 radical (unpaired) electrons. The zero-order valence-electron chi connectivity index (χ0n) is 9.36. The summed E-state index contributed by atoms with van der Waals surface area (Å²) in [5.41, 5.74) is 0.282. The summed E-state index contributed by atoms with van der Waals surface area (Å²) in [7, 11) is 0. The summed E-state index contributed by atoms with van der Waals surface area (Å²) in [6.07, 6.45) is 0. The molecule has 6 heteroatoms. The second-order valence-corrected chi connectivity index (χ2v) is 5.34. The van der Waals surface area contributed by atoms with E-state index in [0.717, 1.165) is 5.69 Å². The van der Waals surface area contributed by atoms with Crippen LogP contribution in [0.1, 0.15) is 12.6 Å². The first-order valence-corrected chi connectivity index (χ1v) is 5.99. The van der Waals surface area contributed by atoms with Gasteiger partial charge in [0.1, 0.15) is 0 Å². The number of nitrogens with one attached hydrogen (secondary N) is 1. The third-order valence-electron chi connectivity index (χ3n) is 2.36. The van der Waals surface area contributed by atoms with Crippen molar-refractivity contribution < 1.29 is 9.90 Å². The van der Waals surface area contributed by atoms with Gasteiger partial charge in [-0.05, 0) is 13.8 Å². The van der Waals surface area contributed by atoms with Crippen molar-refractivity contribution in [2.75, 3.05) is 25.0 Å². The highest BCUT2D eigenvalue weighted by molar-refractivity contribution is 7.13. The maximum Gasteiger partial charge on any atom is 0.240 e. The number of β-amino-alcohol motifs (C(OH)–C–C–N with tert-alkyl or cyclic N) is 1. The smallest absolute Gasteiger partial charge is 0.240 e. The molecular formula is C10H15N3O2S. The second-order valence-electron chi connectivity index (χ2n) is 4.48. The minimum Gasteiger partial charge on any atom is -0.388 e. The van der Waals surface area contributed by atoms with Crippen molar-refractivity contribution >= 4 is 22.4 Å². The number of nitrogens with zero attached hydrogens (tertiary/aromatic N) is 2. The largest absolute Gasteiger partial charge is 0.388 e. The molecule has 1 saturated heterocycles. The van der Waals surface area contributed by atoms with Crippen LogP contribution in [0.5, 0.6) is 0 Å². The van der Waals surface area contributed by atoms with Gasteiger partial charge in [-0.3, -0.25) is 9.69 Å². The number of carbonyl (C=O) groups excluding carboxylic acids is 1. The summed E-state index contributed by atoms with van der Waals surface area (Å²) in [5, 5.41) is 14.8. The minimum absolute atomic E-state index is 0.0788. The summed E-state index contributed by atoms with van der Waals surface area (Å²) >= 11 is 1.42. The van der Waals surface area contributed by atoms with Crippen LogP contribution in [0.25, 0.3) is 0 Å². The monoisotopic (exact) mass is 241 g/mol. The molecule has 2 N–H and O–H groups in total. The molecule has 5 nitrogen and oxygen atoms in total. The van der Waals surface area contributed by atoms with E-state index in [2.05, 4.69) is 10.3 Å². The molecule has 1 amide bonds. The molecule has 0 bridgehead atoms. The standard InChI is InChI=1S/C10H15N3O2S/c1-7-4-16-9(11-7)12-8(14)3-13-5-10(2,15)6-13/h4,15H,3,5-6H2,1-2H3,(H,11,12,14). The first kappa shape index (κ1) is 11.5. The fraction of sp³-hybridized carbons (Fsp3) is 0.600. The molecule has 2 rings (SSSR count). The number of aromatic nitrogens is 1. The molecule has 1 aliphatic rings. The molecule has 88 valence electrons. The van der Waals surface area contributed by atoms with Crippen LogP contribution in [-0.2, 0) is 4.79 Å². The molecular weight excluding hydrogens is 226 g/mol. The lowest BCUT2D eigenvalue weighted by Crippen LogP contribution is -2.61. The predicted molar refractivity (Wildman–Crippen MR) is 62.5 cm³/mol. The number of aliphatic hydroxyl groups is 1. The Kier molecular flexibility index (Phi) is 2.96. The van der Waals surface area contributed by atoms with E-state index in [0.29, 0.717) is 24.8 Å². The molecule has 0 aromatic carbocycles. The Bertz CT molecular complexity index is 395. The molecule has 0 spiro atoms. The predicted octanol–water partition coefficient (Wildman–Crippen LogP) is 0.457. The van der Waals surface area contributed by atoms with Gasteiger partial charge in [-0.1, -0.05) is 0 Å². The van der Waals surface area contributed by atoms with Crippen molar-refractivity contribution in [2.24, 2.45) is 0 Å². The molecule has 2 heterocycles. The SMILES string of the molecule is Cc1csc(NC(=O)CN2CC(C)(O)C2)n1. The van der Waals surface area contributed by atoms with E-state index in [-0.39, 0.29) is 5.91 Å². The molecule has 0 atom stereocenters. The van der Waals surface area contributed by atoms with Crippen LogP contribution >= 0.6 is 11.3 Å². The zero-order chi connectivity index (χ0) is 11.8. The van der Waals surface area contributed by atoms with E-state index in [1.165, 1.54) is 11.3 Å². The van der Waals surface area contributed by atoms with E-state index in [1.54, 1.807) is 6.92 Å². The zero-order valence-corrected chi connectivity index (χ0v) is 10.2. The molecule has 1 fully saturated rings. The average Bonchev–Trinajstić information content (AvgIpc) is 2.47. The lowest BCUT2D eigenvalue weighted by molar-refractivity contribution is -0.125. The molecule has 16 heavy (non-hydrogen) atoms. The first-order chi connectivity index (χ1) is 7.44. The molecule has 0 saturated carbocycles. The van der Waals surface area contributed by atoms with Gasteiger partial charge < -0.3 is 10.4 Å². The maximum atomic E-state index is 11.6. The van der Waals surface area contributed by atoms with Crippen molar-refractivity contribution in [3.8, 4) is 0 Å². The van der Waals surface area contributed by atoms with Crippen LogP contribution in [-0.4, -0.2) is 46.1 Å². The number of amides is 1. The number of anilines is 1. The fourth-order valence-electron chi connectivity index (χ4n) is 1.80. The van der Waals surface area contributed by atoms with Gasteiger partial charge in [-0.2, -0.15) is 0 Å². The van der Waals surface area contributed by atoms with Crippen molar-refractivity contribution in [3.63, 3.8) is 0 Å². The number of thiazole rings is 1. The molecule has 1 aliphatic heterocycles. The number of rotatable bonds is 3. The van der Waals surface area contributed by atoms with Gasteiger partial charge in [0.15, 0.2) is 5.13 Å². The van der Waals surface area contributed by atoms with Crippen molar-refractivity contribution in [1.29, 1.82) is 0 Å². The van der Waals surface area contributed by atoms with Crippen LogP contribution in [0.2, 0.25) is 0 Å². The lowest BCUT2D eigenvalue weighted by Gasteiger charge is -2.43. The van der Waals surface area contributed by atoms with E-state index in [4.69, 9.17) is 0 Å². The van der Waals surface area contributed by atoms with Gasteiger partial charge in [-0.25, -0.2) is 4.98 Å². The summed E-state index contributed by atoms with van der Waals surface area (Å²) < 4.78 is 0. The van der Waals surface area contributed by atoms with Gasteiger partial charge in [0.05, 0.1) is 17.8 Å². The topological polar surface area (TPSA) is 65.5 Å². The molecule has 0 unspecified atom stereocenters. The molecule has 1 aromatic rings. The van der Waals surface area contributed by atoms with E-state index < -0.39 is 5.60 Å². The van der Waals surface area contributed by atoms with Gasteiger partial charge in [0, 0.05) is 18.5 Å². The fourth-order valence-corrected chi connectivity index (χ4v) is 2.51. The average molecular weight is 241 g/mol. The van der Waals surface area contributed by atoms with Crippen LogP contribution in [0.15, 0.2) is 5.38 Å². The summed E-state index contributed by atoms with van der Waals surface area (Å²) in [5.74, 6) is -0.0788. The van der Waals surface area contributed by atoms with E-state index in [9.17, 15) is 9.90 Å². The van der Waals surface area contributed by atoms with Gasteiger partial charge in [0.2, 0.25) is 5.91 Å². The van der Waals surface area contributed by atoms with Crippen LogP contribution in [0.4, 0.5) is 5.13 Å². The quantitative estimate of drug-likeness (QED) is 0.806. The van der Waals surface area contributed by atoms with Crippen LogP contribution in [0, 0.1) is 6.92 Å². The highest BCUT2D eigenvalue weighted by Gasteiger charge is 2.37. The Balaban J connectivity index is 1.77. The summed E-state index contributed by atoms with van der Waals surface area (Å²) in [6, 6.07) is 0. The third kappa shape index (κ3) is 2.78. The third-order valence-corrected chi connectivity index (χ3v) is 3.24. The number of aryl methyl sites for hydroxylation is 1. The Labute approximate surface area is 98.1 Å². The van der Waals surface area contributed by atoms with Crippen molar-refractivity contribution in [3.05, 3.63) is 11.1 Å². The Morgan fingerprint density at radius 2 is 2.44 bits per heavy atom. The van der Waals surface area contributed by atoms with Gasteiger partial charge in [-0.15, -0.1) is 11.3 Å². The maximum absolute atomic E-state index is 11.6. The highest BCUT2D eigenvalue weighted by Crippen LogP contribution is 2.19. The Hall–Kier alpha value is -0.980. The highest BCUT2D eigenvalue weighted by atomic mass is 32.1. The number of hydrogen-bond donors (Lipinski definition) is 2. The Morgan fingerprint density at radius 3 is 2.94 bits per heavy atom. The normalized spacial score (nSPS) is 19.2. The van der Waals surface area contributed by atoms with Crippen LogP contribution < -0.4 is 5.32 Å². The van der Waals surface area contributed by atoms with Gasteiger partial charge in [0.25, 0.3) is 0 Å². The number of carbonyl (C=O) groups is 1. The summed E-state index contributed by atoms with van der Waals surface area (Å²) in [4.78, 5) is 17.6.